The highest BCUT2D eigenvalue weighted by molar-refractivity contribution is 6.23. The molecule has 0 fully saturated rings. The predicted molar refractivity (Wildman–Crippen MR) is 135 cm³/mol. The van der Waals surface area contributed by atoms with Gasteiger partial charge >= 0.3 is 5.97 Å². The van der Waals surface area contributed by atoms with Crippen LogP contribution in [0.1, 0.15) is 79.4 Å². The van der Waals surface area contributed by atoms with Crippen LogP contribution in [-0.2, 0) is 32.1 Å². The van der Waals surface area contributed by atoms with Gasteiger partial charge in [-0.05, 0) is 61.1 Å². The number of phenols is 1. The number of carboxylic acid groups (broad SMARTS) is 1. The second-order valence-electron chi connectivity index (χ2n) is 10.9. The van der Waals surface area contributed by atoms with Crippen molar-refractivity contribution in [3.63, 3.8) is 0 Å². The molecule has 0 aliphatic heterocycles. The Hall–Kier alpha value is -3.66. The molecule has 0 aromatic heterocycles. The molecule has 10 nitrogen and oxygen atoms in total. The van der Waals surface area contributed by atoms with Crippen LogP contribution in [0, 0.1) is 17.3 Å². The number of hydrogen-bond acceptors (Lipinski definition) is 8. The quantitative estimate of drug-likeness (QED) is 0.250. The van der Waals surface area contributed by atoms with Gasteiger partial charge in [0.15, 0.2) is 11.6 Å². The van der Waals surface area contributed by atoms with Crippen LogP contribution in [0.15, 0.2) is 28.7 Å². The molecule has 0 unspecified atom stereocenters. The average molecular weight is 528 g/mol. The van der Waals surface area contributed by atoms with Gasteiger partial charge in [0.05, 0.1) is 17.6 Å². The molecule has 3 atom stereocenters. The number of aliphatic hydroxyl groups is 2. The van der Waals surface area contributed by atoms with Crippen LogP contribution >= 0.6 is 0 Å². The Morgan fingerprint density at radius 1 is 1.18 bits per heavy atom. The van der Waals surface area contributed by atoms with Crippen molar-refractivity contribution in [1.82, 2.24) is 0 Å². The van der Waals surface area contributed by atoms with Gasteiger partial charge in [-0.3, -0.25) is 19.2 Å². The second kappa shape index (κ2) is 9.90. The highest BCUT2D eigenvalue weighted by Crippen LogP contribution is 2.56. The molecule has 204 valence electrons. The monoisotopic (exact) mass is 527 g/mol. The van der Waals surface area contributed by atoms with E-state index in [9.17, 15) is 34.5 Å². The molecule has 0 bridgehead atoms. The summed E-state index contributed by atoms with van der Waals surface area (Å²) in [4.78, 5) is 49.9. The van der Waals surface area contributed by atoms with Gasteiger partial charge in [0.2, 0.25) is 0 Å². The summed E-state index contributed by atoms with van der Waals surface area (Å²) < 4.78 is 5.57. The van der Waals surface area contributed by atoms with Gasteiger partial charge in [0, 0.05) is 30.6 Å². The normalized spacial score (nSPS) is 24.8. The van der Waals surface area contributed by atoms with Crippen molar-refractivity contribution in [3.05, 3.63) is 51.0 Å². The van der Waals surface area contributed by atoms with Gasteiger partial charge in [-0.25, -0.2) is 0 Å². The van der Waals surface area contributed by atoms with Gasteiger partial charge in [0.25, 0.3) is 5.91 Å². The van der Waals surface area contributed by atoms with Crippen LogP contribution in [0.4, 0.5) is 0 Å². The van der Waals surface area contributed by atoms with Crippen molar-refractivity contribution >= 4 is 23.4 Å². The number of ketones is 2. The second-order valence-corrected chi connectivity index (χ2v) is 10.9. The minimum atomic E-state index is -1.61. The molecule has 1 aromatic rings. The smallest absolute Gasteiger partial charge is 0.303 e. The fourth-order valence-electron chi connectivity index (χ4n) is 6.17. The number of carboxylic acids is 1. The molecule has 1 aromatic carbocycles. The van der Waals surface area contributed by atoms with Crippen molar-refractivity contribution in [2.75, 3.05) is 6.61 Å². The Balaban J connectivity index is 1.77. The summed E-state index contributed by atoms with van der Waals surface area (Å²) >= 11 is 0. The molecule has 3 aliphatic rings. The van der Waals surface area contributed by atoms with Crippen molar-refractivity contribution in [3.8, 4) is 5.75 Å². The van der Waals surface area contributed by atoms with Gasteiger partial charge in [-0.1, -0.05) is 13.8 Å². The first kappa shape index (κ1) is 27.4. The maximum absolute atomic E-state index is 13.9. The summed E-state index contributed by atoms with van der Waals surface area (Å²) in [6.45, 7) is 5.50. The van der Waals surface area contributed by atoms with E-state index < -0.39 is 57.8 Å². The number of fused-ring (bicyclic) bond motifs is 3. The van der Waals surface area contributed by atoms with Gasteiger partial charge in [-0.2, -0.15) is 0 Å². The topological polar surface area (TPSA) is 184 Å². The molecule has 0 heterocycles. The summed E-state index contributed by atoms with van der Waals surface area (Å²) in [6, 6.07) is 1.79. The summed E-state index contributed by atoms with van der Waals surface area (Å²) in [7, 11) is 0. The van der Waals surface area contributed by atoms with E-state index in [1.165, 1.54) is 6.92 Å². The zero-order valence-electron chi connectivity index (χ0n) is 21.7. The first-order chi connectivity index (χ1) is 17.8. The number of rotatable bonds is 8. The Bertz CT molecular complexity index is 1310. The third-order valence-corrected chi connectivity index (χ3v) is 8.22. The van der Waals surface area contributed by atoms with E-state index in [0.717, 1.165) is 5.56 Å². The van der Waals surface area contributed by atoms with Crippen molar-refractivity contribution in [2.24, 2.45) is 23.0 Å². The standard InChI is InChI=1S/C28H33NO9/c1-12(2)16-9-14(11-38-6-4-5-19(31)32)23(33)21-17(16)8-13-7-15-10-18(30)22(27(29)37)26(36)28(15,3)25(35)20(13)24(21)34/h9,12-13,15,30,33,35H,4-8,10-11H2,1-3H3,(H2,29,37)(H,31,32)/t13-,15+,28-/m1/s1. The number of aliphatic carboxylic acids is 1. The highest BCUT2D eigenvalue weighted by atomic mass is 16.5. The zero-order chi connectivity index (χ0) is 28.1. The first-order valence-corrected chi connectivity index (χ1v) is 12.7. The largest absolute Gasteiger partial charge is 0.511 e. The van der Waals surface area contributed by atoms with Crippen molar-refractivity contribution < 1.29 is 44.3 Å². The maximum atomic E-state index is 13.9. The Morgan fingerprint density at radius 3 is 2.47 bits per heavy atom. The fourth-order valence-corrected chi connectivity index (χ4v) is 6.17. The fraction of sp³-hybridized carbons (Fsp3) is 0.500. The molecule has 10 heteroatoms. The summed E-state index contributed by atoms with van der Waals surface area (Å²) in [5.41, 5.74) is 5.12. The number of hydrogen-bond donors (Lipinski definition) is 5. The number of allylic oxidation sites excluding steroid dienone is 3. The van der Waals surface area contributed by atoms with E-state index in [4.69, 9.17) is 15.6 Å². The first-order valence-electron chi connectivity index (χ1n) is 12.7. The molecule has 0 saturated carbocycles. The van der Waals surface area contributed by atoms with Crippen LogP contribution < -0.4 is 5.73 Å². The number of carbonyl (C=O) groups excluding carboxylic acids is 3. The number of benzene rings is 1. The van der Waals surface area contributed by atoms with Crippen LogP contribution in [0.3, 0.4) is 0 Å². The minimum absolute atomic E-state index is 0.00254. The average Bonchev–Trinajstić information content (AvgIpc) is 2.81. The van der Waals surface area contributed by atoms with E-state index >= 15 is 0 Å². The van der Waals surface area contributed by atoms with Crippen LogP contribution in [0.2, 0.25) is 0 Å². The lowest BCUT2D eigenvalue weighted by Crippen LogP contribution is -2.50. The van der Waals surface area contributed by atoms with Crippen LogP contribution in [0.25, 0.3) is 0 Å². The van der Waals surface area contributed by atoms with E-state index in [1.807, 2.05) is 13.8 Å². The number of amides is 1. The molecular formula is C28H33NO9. The van der Waals surface area contributed by atoms with Gasteiger partial charge in [-0.15, -0.1) is 0 Å². The maximum Gasteiger partial charge on any atom is 0.303 e. The van der Waals surface area contributed by atoms with E-state index in [-0.39, 0.29) is 48.9 Å². The SMILES string of the molecule is CC(C)c1cc(COCCCC(=O)O)c(O)c2c1C[C@H]1C[C@H]3CC(O)=C(C(N)=O)C(=O)[C@@]3(C)C(O)=C1C2=O. The molecule has 0 radical (unpaired) electrons. The molecule has 0 spiro atoms. The number of aliphatic hydroxyl groups excluding tert-OH is 2. The van der Waals surface area contributed by atoms with Gasteiger partial charge < -0.3 is 30.9 Å². The molecule has 3 aliphatic carbocycles. The summed E-state index contributed by atoms with van der Waals surface area (Å²) in [5, 5.41) is 41.8. The Kier molecular flexibility index (Phi) is 7.13. The summed E-state index contributed by atoms with van der Waals surface area (Å²) in [5.74, 6) is -5.57. The molecule has 4 rings (SSSR count). The lowest BCUT2D eigenvalue weighted by atomic mass is 9.55. The van der Waals surface area contributed by atoms with Crippen molar-refractivity contribution in [2.45, 2.75) is 65.4 Å². The number of primary amides is 1. The Morgan fingerprint density at radius 2 is 1.87 bits per heavy atom. The molecule has 0 saturated heterocycles. The number of nitrogens with two attached hydrogens (primary N) is 1. The number of ether oxygens (including phenoxy) is 1. The van der Waals surface area contributed by atoms with E-state index in [0.29, 0.717) is 30.4 Å². The predicted octanol–water partition coefficient (Wildman–Crippen LogP) is 3.36. The minimum Gasteiger partial charge on any atom is -0.511 e. The molecule has 1 amide bonds. The number of phenolic OH excluding ortho intramolecular Hbond substituents is 1. The highest BCUT2D eigenvalue weighted by Gasteiger charge is 2.57. The number of aromatic hydroxyl groups is 1. The lowest BCUT2D eigenvalue weighted by molar-refractivity contribution is -0.137. The zero-order valence-corrected chi connectivity index (χ0v) is 21.7. The third kappa shape index (κ3) is 4.26. The number of Topliss-reactive ketones (excluding diaryl/α,β-unsaturated/α-hetero) is 2. The molecular weight excluding hydrogens is 494 g/mol. The van der Waals surface area contributed by atoms with E-state index in [2.05, 4.69) is 0 Å². The third-order valence-electron chi connectivity index (χ3n) is 8.22. The van der Waals surface area contributed by atoms with Gasteiger partial charge in [0.1, 0.15) is 22.8 Å². The molecule has 6 N–H and O–H groups in total. The summed E-state index contributed by atoms with van der Waals surface area (Å²) in [6.07, 6.45) is 0.870. The van der Waals surface area contributed by atoms with E-state index in [1.54, 1.807) is 6.07 Å². The lowest BCUT2D eigenvalue weighted by Gasteiger charge is -2.47. The Labute approximate surface area is 219 Å². The molecule has 38 heavy (non-hydrogen) atoms. The van der Waals surface area contributed by atoms with Crippen LogP contribution in [-0.4, -0.2) is 50.5 Å². The number of carbonyl (C=O) groups is 4. The van der Waals surface area contributed by atoms with Crippen LogP contribution in [0.5, 0.6) is 5.75 Å². The van der Waals surface area contributed by atoms with Crippen molar-refractivity contribution in [1.29, 1.82) is 0 Å².